The Balaban J connectivity index is 0.00000216. The van der Waals surface area contributed by atoms with Crippen molar-refractivity contribution >= 4 is 42.1 Å². The topological polar surface area (TPSA) is 37.2 Å². The molecule has 35 heavy (non-hydrogen) atoms. The van der Waals surface area contributed by atoms with Gasteiger partial charge in [-0.25, -0.2) is 9.97 Å². The third-order valence-corrected chi connectivity index (χ3v) is 6.50. The van der Waals surface area contributed by atoms with E-state index in [0.29, 0.717) is 0 Å². The van der Waals surface area contributed by atoms with Gasteiger partial charge in [0.2, 0.25) is 0 Å². The van der Waals surface area contributed by atoms with E-state index in [2.05, 4.69) is 91.5 Å². The molecule has 1 aromatic carbocycles. The van der Waals surface area contributed by atoms with Crippen molar-refractivity contribution in [3.63, 3.8) is 0 Å². The Morgan fingerprint density at radius 2 is 1.60 bits per heavy atom. The van der Waals surface area contributed by atoms with Crippen molar-refractivity contribution in [3.05, 3.63) is 64.6 Å². The van der Waals surface area contributed by atoms with E-state index in [9.17, 15) is 0 Å². The number of halogens is 2. The smallest absolute Gasteiger partial charge is 0.160 e. The third kappa shape index (κ3) is 7.53. The van der Waals surface area contributed by atoms with Gasteiger partial charge in [0.25, 0.3) is 0 Å². The maximum Gasteiger partial charge on any atom is 0.160 e. The highest BCUT2D eigenvalue weighted by atomic mass is 35.5. The van der Waals surface area contributed by atoms with Crippen LogP contribution in [0.1, 0.15) is 49.0 Å². The van der Waals surface area contributed by atoms with Crippen LogP contribution < -0.4 is 0 Å². The number of aryl methyl sites for hydroxylation is 3. The second-order valence-corrected chi connectivity index (χ2v) is 9.86. The molecule has 0 unspecified atom stereocenters. The van der Waals surface area contributed by atoms with Gasteiger partial charge in [-0.15, -0.1) is 24.8 Å². The maximum atomic E-state index is 4.87. The first-order valence-electron chi connectivity index (χ1n) is 12.5. The molecule has 1 fully saturated rings. The monoisotopic (exact) mass is 517 g/mol. The Morgan fingerprint density at radius 1 is 0.943 bits per heavy atom. The van der Waals surface area contributed by atoms with Gasteiger partial charge in [0, 0.05) is 51.4 Å². The van der Waals surface area contributed by atoms with Gasteiger partial charge in [-0.3, -0.25) is 4.90 Å². The number of rotatable bonds is 8. The van der Waals surface area contributed by atoms with Crippen LogP contribution in [0, 0.1) is 19.8 Å². The maximum absolute atomic E-state index is 4.87. The summed E-state index contributed by atoms with van der Waals surface area (Å²) in [5.74, 6) is 1.86. The molecular weight excluding hydrogens is 477 g/mol. The molecule has 4 rings (SSSR count). The highest BCUT2D eigenvalue weighted by Gasteiger charge is 2.16. The molecule has 0 amide bonds. The van der Waals surface area contributed by atoms with Gasteiger partial charge in [-0.2, -0.15) is 0 Å². The van der Waals surface area contributed by atoms with Gasteiger partial charge in [0.15, 0.2) is 5.65 Å². The summed E-state index contributed by atoms with van der Waals surface area (Å²) in [6, 6.07) is 11.0. The van der Waals surface area contributed by atoms with Crippen molar-refractivity contribution in [2.24, 2.45) is 5.92 Å². The molecule has 1 aliphatic rings. The molecule has 0 radical (unpaired) electrons. The quantitative estimate of drug-likeness (QED) is 0.378. The lowest BCUT2D eigenvalue weighted by Crippen LogP contribution is -2.47. The molecule has 0 spiro atoms. The Labute approximate surface area is 223 Å². The zero-order chi connectivity index (χ0) is 23.4. The predicted octanol–water partition coefficient (Wildman–Crippen LogP) is 5.79. The summed E-state index contributed by atoms with van der Waals surface area (Å²) in [4.78, 5) is 14.8. The zero-order valence-corrected chi connectivity index (χ0v) is 23.5. The molecule has 0 N–H and O–H groups in total. The average molecular weight is 519 g/mol. The number of aromatic nitrogens is 3. The van der Waals surface area contributed by atoms with Crippen LogP contribution >= 0.6 is 24.8 Å². The SMILES string of the molecule is CCc1nc2c(C)cc(C)nc2n1Cc1ccc(C=CCN2CCN(CC(C)C)CC2)cc1.Cl.Cl. The number of nitrogens with zero attached hydrogens (tertiary/aromatic N) is 5. The fourth-order valence-electron chi connectivity index (χ4n) is 4.81. The summed E-state index contributed by atoms with van der Waals surface area (Å²) in [6.45, 7) is 18.7. The van der Waals surface area contributed by atoms with E-state index >= 15 is 0 Å². The molecule has 7 heteroatoms. The van der Waals surface area contributed by atoms with Gasteiger partial charge in [0.1, 0.15) is 11.3 Å². The van der Waals surface area contributed by atoms with Crippen molar-refractivity contribution in [1.29, 1.82) is 0 Å². The first-order valence-corrected chi connectivity index (χ1v) is 12.5. The van der Waals surface area contributed by atoms with Crippen LogP contribution in [0.15, 0.2) is 36.4 Å². The third-order valence-electron chi connectivity index (χ3n) is 6.50. The van der Waals surface area contributed by atoms with Gasteiger partial charge < -0.3 is 9.47 Å². The normalized spacial score (nSPS) is 15.0. The average Bonchev–Trinajstić information content (AvgIpc) is 3.13. The number of hydrogen-bond donors (Lipinski definition) is 0. The number of fused-ring (bicyclic) bond motifs is 1. The minimum atomic E-state index is 0. The summed E-state index contributed by atoms with van der Waals surface area (Å²) in [6.07, 6.45) is 5.46. The summed E-state index contributed by atoms with van der Waals surface area (Å²) < 4.78 is 2.28. The van der Waals surface area contributed by atoms with Crippen LogP contribution in [0.5, 0.6) is 0 Å². The Bertz CT molecular complexity index is 1100. The molecule has 3 heterocycles. The Hall–Kier alpha value is -1.92. The summed E-state index contributed by atoms with van der Waals surface area (Å²) in [5.41, 5.74) is 6.82. The van der Waals surface area contributed by atoms with Crippen molar-refractivity contribution in [2.45, 2.75) is 47.6 Å². The minimum Gasteiger partial charge on any atom is -0.308 e. The largest absolute Gasteiger partial charge is 0.308 e. The first-order chi connectivity index (χ1) is 15.9. The van der Waals surface area contributed by atoms with Crippen LogP contribution in [0.2, 0.25) is 0 Å². The van der Waals surface area contributed by atoms with Crippen LogP contribution in [0.3, 0.4) is 0 Å². The number of piperazine rings is 1. The van der Waals surface area contributed by atoms with E-state index in [0.717, 1.165) is 48.1 Å². The number of hydrogen-bond acceptors (Lipinski definition) is 4. The van der Waals surface area contributed by atoms with Crippen molar-refractivity contribution < 1.29 is 0 Å². The summed E-state index contributed by atoms with van der Waals surface area (Å²) >= 11 is 0. The Morgan fingerprint density at radius 3 is 2.23 bits per heavy atom. The molecule has 0 aliphatic carbocycles. The van der Waals surface area contributed by atoms with E-state index in [1.54, 1.807) is 0 Å². The van der Waals surface area contributed by atoms with Gasteiger partial charge >= 0.3 is 0 Å². The fraction of sp³-hybridized carbons (Fsp3) is 0.500. The Kier molecular flexibility index (Phi) is 11.2. The van der Waals surface area contributed by atoms with Gasteiger partial charge in [-0.1, -0.05) is 57.2 Å². The standard InChI is InChI=1S/C28H39N5.2ClH/c1-6-26-30-27-22(4)18-23(5)29-28(27)33(26)20-25-11-9-24(10-12-25)8-7-13-31-14-16-32(17-15-31)19-21(2)3;;/h7-12,18,21H,6,13-17,19-20H2,1-5H3;2*1H. The van der Waals surface area contributed by atoms with E-state index < -0.39 is 0 Å². The molecule has 3 aromatic rings. The number of pyridine rings is 1. The second kappa shape index (κ2) is 13.4. The molecule has 192 valence electrons. The summed E-state index contributed by atoms with van der Waals surface area (Å²) in [7, 11) is 0. The lowest BCUT2D eigenvalue weighted by Gasteiger charge is -2.34. The molecule has 2 aromatic heterocycles. The summed E-state index contributed by atoms with van der Waals surface area (Å²) in [5, 5.41) is 0. The van der Waals surface area contributed by atoms with Gasteiger partial charge in [-0.05, 0) is 42.5 Å². The van der Waals surface area contributed by atoms with E-state index in [1.807, 2.05) is 0 Å². The minimum absolute atomic E-state index is 0. The predicted molar refractivity (Wildman–Crippen MR) is 153 cm³/mol. The van der Waals surface area contributed by atoms with Crippen LogP contribution in [-0.4, -0.2) is 63.6 Å². The van der Waals surface area contributed by atoms with E-state index in [1.165, 1.54) is 49.4 Å². The molecule has 5 nitrogen and oxygen atoms in total. The number of benzene rings is 1. The lowest BCUT2D eigenvalue weighted by atomic mass is 10.1. The van der Waals surface area contributed by atoms with Gasteiger partial charge in [0.05, 0.1) is 6.54 Å². The molecular formula is C28H41Cl2N5. The van der Waals surface area contributed by atoms with E-state index in [-0.39, 0.29) is 24.8 Å². The van der Waals surface area contributed by atoms with Crippen molar-refractivity contribution in [1.82, 2.24) is 24.3 Å². The molecule has 1 saturated heterocycles. The second-order valence-electron chi connectivity index (χ2n) is 9.86. The molecule has 0 bridgehead atoms. The first kappa shape index (κ1) is 29.3. The zero-order valence-electron chi connectivity index (χ0n) is 21.8. The fourth-order valence-corrected chi connectivity index (χ4v) is 4.81. The van der Waals surface area contributed by atoms with Crippen LogP contribution in [0.4, 0.5) is 0 Å². The van der Waals surface area contributed by atoms with E-state index in [4.69, 9.17) is 9.97 Å². The molecule has 0 atom stereocenters. The number of imidazole rings is 1. The van der Waals surface area contributed by atoms with Crippen molar-refractivity contribution in [2.75, 3.05) is 39.3 Å². The van der Waals surface area contributed by atoms with Crippen LogP contribution in [-0.2, 0) is 13.0 Å². The van der Waals surface area contributed by atoms with Crippen LogP contribution in [0.25, 0.3) is 17.2 Å². The van der Waals surface area contributed by atoms with Crippen molar-refractivity contribution in [3.8, 4) is 0 Å². The lowest BCUT2D eigenvalue weighted by molar-refractivity contribution is 0.131. The molecule has 0 saturated carbocycles. The molecule has 1 aliphatic heterocycles. The highest BCUT2D eigenvalue weighted by molar-refractivity contribution is 5.85. The highest BCUT2D eigenvalue weighted by Crippen LogP contribution is 2.21.